The molecule has 0 aliphatic carbocycles. The first-order chi connectivity index (χ1) is 15.6. The number of hydrogen-bond donors (Lipinski definition) is 2. The van der Waals surface area contributed by atoms with Gasteiger partial charge >= 0.3 is 0 Å². The van der Waals surface area contributed by atoms with Crippen molar-refractivity contribution in [1.82, 2.24) is 25.1 Å². The van der Waals surface area contributed by atoms with Gasteiger partial charge in [-0.1, -0.05) is 0 Å². The van der Waals surface area contributed by atoms with Crippen molar-refractivity contribution in [3.63, 3.8) is 0 Å². The average molecular weight is 472 g/mol. The summed E-state index contributed by atoms with van der Waals surface area (Å²) in [4.78, 5) is 24.5. The first kappa shape index (κ1) is 25.0. The highest BCUT2D eigenvalue weighted by Gasteiger charge is 2.22. The third-order valence-corrected chi connectivity index (χ3v) is 6.31. The molecule has 3 heterocycles. The number of aliphatic hydroxyl groups is 1. The number of methoxy groups -OCH3 is 1. The number of rotatable bonds is 10. The highest BCUT2D eigenvalue weighted by atomic mass is 32.1. The lowest BCUT2D eigenvalue weighted by atomic mass is 9.99. The third kappa shape index (κ3) is 6.46. The van der Waals surface area contributed by atoms with Crippen molar-refractivity contribution >= 4 is 17.2 Å². The highest BCUT2D eigenvalue weighted by molar-refractivity contribution is 7.12. The van der Waals surface area contributed by atoms with E-state index in [9.17, 15) is 9.90 Å². The van der Waals surface area contributed by atoms with Gasteiger partial charge in [0.25, 0.3) is 11.9 Å². The van der Waals surface area contributed by atoms with E-state index in [0.717, 1.165) is 24.1 Å². The van der Waals surface area contributed by atoms with E-state index in [1.54, 1.807) is 43.2 Å². The summed E-state index contributed by atoms with van der Waals surface area (Å²) >= 11 is 1.73. The lowest BCUT2D eigenvalue weighted by Gasteiger charge is -2.19. The van der Waals surface area contributed by atoms with Gasteiger partial charge in [0.05, 0.1) is 35.4 Å². The Labute approximate surface area is 199 Å². The van der Waals surface area contributed by atoms with E-state index in [-0.39, 0.29) is 18.6 Å². The summed E-state index contributed by atoms with van der Waals surface area (Å²) < 4.78 is 6.93. The van der Waals surface area contributed by atoms with E-state index in [4.69, 9.17) is 9.72 Å². The van der Waals surface area contributed by atoms with Crippen LogP contribution in [0.4, 0.5) is 0 Å². The quantitative estimate of drug-likeness (QED) is 0.459. The number of carbonyl (C=O) groups is 1. The molecule has 0 radical (unpaired) electrons. The molecule has 3 rings (SSSR count). The molecular weight excluding hydrogens is 438 g/mol. The van der Waals surface area contributed by atoms with Crippen molar-refractivity contribution < 1.29 is 14.6 Å². The third-order valence-electron chi connectivity index (χ3n) is 5.35. The molecule has 33 heavy (non-hydrogen) atoms. The minimum absolute atomic E-state index is 0.0389. The Morgan fingerprint density at radius 2 is 2.12 bits per heavy atom. The molecular formula is C24H33N5O3S. The minimum atomic E-state index is -0.703. The Morgan fingerprint density at radius 1 is 1.36 bits per heavy atom. The van der Waals surface area contributed by atoms with Crippen LogP contribution in [0.25, 0.3) is 17.2 Å². The van der Waals surface area contributed by atoms with Gasteiger partial charge in [-0.15, -0.1) is 11.3 Å². The largest absolute Gasteiger partial charge is 0.390 e. The van der Waals surface area contributed by atoms with Crippen molar-refractivity contribution in [2.45, 2.75) is 72.1 Å². The van der Waals surface area contributed by atoms with Crippen LogP contribution in [0.5, 0.6) is 0 Å². The van der Waals surface area contributed by atoms with Crippen LogP contribution in [0.2, 0.25) is 0 Å². The fourth-order valence-corrected chi connectivity index (χ4v) is 4.64. The predicted molar refractivity (Wildman–Crippen MR) is 130 cm³/mol. The van der Waals surface area contributed by atoms with Crippen LogP contribution in [-0.4, -0.2) is 49.5 Å². The molecule has 0 aliphatic heterocycles. The Morgan fingerprint density at radius 3 is 2.76 bits per heavy atom. The van der Waals surface area contributed by atoms with Gasteiger partial charge in [-0.2, -0.15) is 9.78 Å². The second-order valence-electron chi connectivity index (χ2n) is 9.00. The van der Waals surface area contributed by atoms with Gasteiger partial charge in [0, 0.05) is 34.7 Å². The number of ether oxygens (including phenoxy) is 1. The molecule has 0 bridgehead atoms. The van der Waals surface area contributed by atoms with Crippen LogP contribution in [0.15, 0.2) is 24.5 Å². The normalized spacial score (nSPS) is 12.7. The summed E-state index contributed by atoms with van der Waals surface area (Å²) in [5.41, 5.74) is 2.20. The molecule has 2 N–H and O–H groups in total. The van der Waals surface area contributed by atoms with Crippen LogP contribution in [0, 0.1) is 13.8 Å². The van der Waals surface area contributed by atoms with Crippen molar-refractivity contribution in [1.29, 1.82) is 0 Å². The monoisotopic (exact) mass is 471 g/mol. The van der Waals surface area contributed by atoms with Gasteiger partial charge in [-0.05, 0) is 66.0 Å². The zero-order chi connectivity index (χ0) is 24.2. The van der Waals surface area contributed by atoms with Crippen molar-refractivity contribution in [3.05, 3.63) is 45.5 Å². The predicted octanol–water partition coefficient (Wildman–Crippen LogP) is 4.21. The maximum atomic E-state index is 13.0. The van der Waals surface area contributed by atoms with Gasteiger partial charge in [-0.25, -0.2) is 9.97 Å². The zero-order valence-corrected chi connectivity index (χ0v) is 21.0. The molecule has 3 aromatic rings. The second-order valence-corrected chi connectivity index (χ2v) is 10.5. The molecule has 3 aromatic heterocycles. The summed E-state index contributed by atoms with van der Waals surface area (Å²) in [5.74, 6) is 0.171. The van der Waals surface area contributed by atoms with E-state index in [2.05, 4.69) is 35.3 Å². The minimum Gasteiger partial charge on any atom is -0.390 e. The maximum Gasteiger partial charge on any atom is 0.255 e. The van der Waals surface area contributed by atoms with E-state index >= 15 is 0 Å². The molecule has 9 heteroatoms. The number of amides is 1. The lowest BCUT2D eigenvalue weighted by Crippen LogP contribution is -2.33. The summed E-state index contributed by atoms with van der Waals surface area (Å²) in [7, 11) is 1.58. The van der Waals surface area contributed by atoms with E-state index in [1.807, 2.05) is 13.0 Å². The van der Waals surface area contributed by atoms with Gasteiger partial charge in [0.2, 0.25) is 0 Å². The molecule has 178 valence electrons. The van der Waals surface area contributed by atoms with Crippen LogP contribution in [-0.2, 0) is 11.3 Å². The van der Waals surface area contributed by atoms with Crippen LogP contribution in [0.3, 0.4) is 0 Å². The van der Waals surface area contributed by atoms with Gasteiger partial charge in [0.15, 0.2) is 0 Å². The van der Waals surface area contributed by atoms with Crippen LogP contribution in [0.1, 0.15) is 65.8 Å². The number of carbonyl (C=O) groups excluding carboxylic acids is 1. The molecule has 0 unspecified atom stereocenters. The molecule has 1 amide bonds. The van der Waals surface area contributed by atoms with E-state index in [1.165, 1.54) is 16.0 Å². The Balaban J connectivity index is 1.82. The average Bonchev–Trinajstić information content (AvgIpc) is 3.30. The molecule has 0 saturated carbocycles. The lowest BCUT2D eigenvalue weighted by molar-refractivity contribution is 0.0674. The SMILES string of the molecule is COCc1c(C(=O)N[C@H](C)CCCC(C)(C)O)cnn1-c1nccc(-c2cc(C)sc2C)n1. The number of nitrogens with one attached hydrogen (secondary N) is 1. The summed E-state index contributed by atoms with van der Waals surface area (Å²) in [6.45, 7) is 9.88. The Kier molecular flexibility index (Phi) is 7.99. The number of nitrogens with zero attached hydrogens (tertiary/aromatic N) is 4. The van der Waals surface area contributed by atoms with Gasteiger partial charge in [0.1, 0.15) is 0 Å². The molecule has 0 fully saturated rings. The van der Waals surface area contributed by atoms with Crippen molar-refractivity contribution in [2.75, 3.05) is 7.11 Å². The number of hydrogen-bond acceptors (Lipinski definition) is 7. The molecule has 0 aliphatic rings. The number of thiophene rings is 1. The van der Waals surface area contributed by atoms with Crippen LogP contribution >= 0.6 is 11.3 Å². The standard InChI is InChI=1S/C24H33N5O3S/c1-15(8-7-10-24(4,5)31)27-22(30)19-13-26-29(21(19)14-32-6)23-25-11-9-20(28-23)18-12-16(2)33-17(18)3/h9,11-13,15,31H,7-8,10,14H2,1-6H3,(H,27,30)/t15-/m1/s1. The van der Waals surface area contributed by atoms with Crippen molar-refractivity contribution in [3.8, 4) is 17.2 Å². The fraction of sp³-hybridized carbons (Fsp3) is 0.500. The number of aromatic nitrogens is 4. The first-order valence-electron chi connectivity index (χ1n) is 11.1. The summed E-state index contributed by atoms with van der Waals surface area (Å²) in [6, 6.07) is 3.95. The fourth-order valence-electron chi connectivity index (χ4n) is 3.71. The first-order valence-corrected chi connectivity index (χ1v) is 11.9. The Hall–Kier alpha value is -2.62. The molecule has 1 atom stereocenters. The zero-order valence-electron chi connectivity index (χ0n) is 20.2. The summed E-state index contributed by atoms with van der Waals surface area (Å²) in [6.07, 6.45) is 5.50. The van der Waals surface area contributed by atoms with Crippen molar-refractivity contribution in [2.24, 2.45) is 0 Å². The molecule has 0 saturated heterocycles. The highest BCUT2D eigenvalue weighted by Crippen LogP contribution is 2.29. The summed E-state index contributed by atoms with van der Waals surface area (Å²) in [5, 5.41) is 17.3. The molecule has 0 spiro atoms. The second kappa shape index (κ2) is 10.5. The van der Waals surface area contributed by atoms with E-state index < -0.39 is 5.60 Å². The topological polar surface area (TPSA) is 102 Å². The van der Waals surface area contributed by atoms with Crippen LogP contribution < -0.4 is 5.32 Å². The molecule has 0 aromatic carbocycles. The Bertz CT molecular complexity index is 1100. The smallest absolute Gasteiger partial charge is 0.255 e. The number of aryl methyl sites for hydroxylation is 2. The maximum absolute atomic E-state index is 13.0. The molecule has 8 nitrogen and oxygen atoms in total. The van der Waals surface area contributed by atoms with E-state index in [0.29, 0.717) is 23.6 Å². The van der Waals surface area contributed by atoms with Gasteiger partial charge in [-0.3, -0.25) is 4.79 Å². The van der Waals surface area contributed by atoms with Gasteiger partial charge < -0.3 is 15.2 Å².